The zero-order valence-corrected chi connectivity index (χ0v) is 31.4. The molecule has 0 N–H and O–H groups in total. The van der Waals surface area contributed by atoms with Crippen LogP contribution in [-0.2, 0) is 33.3 Å². The zero-order valence-electron chi connectivity index (χ0n) is 29.2. The van der Waals surface area contributed by atoms with E-state index in [1.165, 1.54) is 33.4 Å². The van der Waals surface area contributed by atoms with Crippen LogP contribution in [0.1, 0.15) is 152 Å². The molecule has 0 heterocycles. The molecule has 0 radical (unpaired) electrons. The summed E-state index contributed by atoms with van der Waals surface area (Å²) in [5, 5.41) is 23.6. The van der Waals surface area contributed by atoms with Gasteiger partial charge in [-0.1, -0.05) is 105 Å². The normalized spacial score (nSPS) is 33.4. The molecule has 6 rings (SSSR count). The first kappa shape index (κ1) is 36.5. The molecule has 0 aliphatic heterocycles. The van der Waals surface area contributed by atoms with Gasteiger partial charge in [0.2, 0.25) is 0 Å². The van der Waals surface area contributed by atoms with Gasteiger partial charge in [-0.15, -0.1) is 0 Å². The fourth-order valence-corrected chi connectivity index (χ4v) is 10.2. The maximum absolute atomic E-state index is 11.8. The second-order valence-electron chi connectivity index (χ2n) is 16.3. The van der Waals surface area contributed by atoms with Gasteiger partial charge in [-0.25, -0.2) is 0 Å². The Balaban J connectivity index is 0.000000200. The Labute approximate surface area is 302 Å². The van der Waals surface area contributed by atoms with E-state index in [9.17, 15) is 19.8 Å². The Morgan fingerprint density at radius 1 is 0.644 bits per heavy atom. The Morgan fingerprint density at radius 3 is 1.31 bits per heavy atom. The first-order chi connectivity index (χ1) is 20.6. The first-order valence-corrected chi connectivity index (χ1v) is 17.3. The summed E-state index contributed by atoms with van der Waals surface area (Å²) >= 11 is 0. The van der Waals surface area contributed by atoms with Crippen LogP contribution in [0.3, 0.4) is 0 Å². The predicted octanol–water partition coefficient (Wildman–Crippen LogP) is 6.76. The van der Waals surface area contributed by atoms with Crippen molar-refractivity contribution in [1.82, 2.24) is 0 Å². The largest absolute Gasteiger partial charge is 2.00 e. The van der Waals surface area contributed by atoms with Crippen LogP contribution < -0.4 is 10.2 Å². The molecule has 0 aromatic heterocycles. The molecule has 5 heteroatoms. The molecule has 0 unspecified atom stereocenters. The smallest absolute Gasteiger partial charge is 0.550 e. The number of carbonyl (C=O) groups is 2. The van der Waals surface area contributed by atoms with Crippen LogP contribution >= 0.6 is 0 Å². The van der Waals surface area contributed by atoms with Crippen molar-refractivity contribution in [3.8, 4) is 0 Å². The Morgan fingerprint density at radius 2 is 1.00 bits per heavy atom. The number of fused-ring (bicyclic) bond motifs is 6. The molecule has 0 bridgehead atoms. The van der Waals surface area contributed by atoms with E-state index in [1.54, 1.807) is 0 Å². The van der Waals surface area contributed by atoms with Gasteiger partial charge in [0.25, 0.3) is 0 Å². The fraction of sp³-hybridized carbons (Fsp3) is 0.650. The minimum atomic E-state index is -0.856. The van der Waals surface area contributed by atoms with Crippen molar-refractivity contribution in [3.05, 3.63) is 69.8 Å². The van der Waals surface area contributed by atoms with Gasteiger partial charge in [-0.2, -0.15) is 0 Å². The molecule has 0 amide bonds. The molecule has 2 saturated carbocycles. The van der Waals surface area contributed by atoms with Crippen LogP contribution in [0.15, 0.2) is 36.4 Å². The summed E-state index contributed by atoms with van der Waals surface area (Å²) in [5.41, 5.74) is 7.04. The van der Waals surface area contributed by atoms with Crippen LogP contribution in [0.5, 0.6) is 0 Å². The van der Waals surface area contributed by atoms with E-state index >= 15 is 0 Å². The summed E-state index contributed by atoms with van der Waals surface area (Å²) in [6.45, 7) is 17.3. The molecule has 4 aliphatic carbocycles. The number of aliphatic carboxylic acids is 2. The number of carboxylic acids is 2. The van der Waals surface area contributed by atoms with E-state index < -0.39 is 22.8 Å². The summed E-state index contributed by atoms with van der Waals surface area (Å²) in [7, 11) is 0. The summed E-state index contributed by atoms with van der Waals surface area (Å²) in [5.74, 6) is -0.255. The number of hydrogen-bond acceptors (Lipinski definition) is 4. The summed E-state index contributed by atoms with van der Waals surface area (Å²) < 4.78 is 0. The maximum atomic E-state index is 11.8. The molecule has 2 aromatic carbocycles. The van der Waals surface area contributed by atoms with Crippen LogP contribution in [0.25, 0.3) is 0 Å². The number of hydrogen-bond donors (Lipinski definition) is 0. The van der Waals surface area contributed by atoms with Gasteiger partial charge in [0, 0.05) is 22.8 Å². The molecule has 4 aliphatic rings. The number of aryl methyl sites for hydroxylation is 2. The molecule has 45 heavy (non-hydrogen) atoms. The van der Waals surface area contributed by atoms with Crippen LogP contribution in [0, 0.1) is 22.7 Å². The predicted molar refractivity (Wildman–Crippen MR) is 179 cm³/mol. The van der Waals surface area contributed by atoms with Crippen molar-refractivity contribution >= 4 is 49.7 Å². The van der Waals surface area contributed by atoms with Gasteiger partial charge in [0.05, 0.1) is 0 Å². The van der Waals surface area contributed by atoms with Crippen molar-refractivity contribution in [3.63, 3.8) is 0 Å². The monoisotopic (exact) mass is 638 g/mol. The zero-order chi connectivity index (χ0) is 32.2. The van der Waals surface area contributed by atoms with Crippen LogP contribution in [0.2, 0.25) is 0 Å². The van der Waals surface area contributed by atoms with E-state index in [-0.39, 0.29) is 60.4 Å². The summed E-state index contributed by atoms with van der Waals surface area (Å²) in [4.78, 5) is 23.6. The summed E-state index contributed by atoms with van der Waals surface area (Å²) in [6.07, 6.45) is 9.59. The molecule has 0 spiro atoms. The second-order valence-corrected chi connectivity index (χ2v) is 16.3. The van der Waals surface area contributed by atoms with Crippen molar-refractivity contribution in [1.29, 1.82) is 0 Å². The molecule has 6 atom stereocenters. The van der Waals surface area contributed by atoms with E-state index in [0.29, 0.717) is 11.8 Å². The van der Waals surface area contributed by atoms with E-state index in [1.807, 2.05) is 13.8 Å². The standard InChI is InChI=1S/2C20H28O2.Ca/c2*1-13(2)14-6-8-16-15(12-14)7-9-17-19(16,3)10-5-11-20(17,4)18(21)22;/h2*6,8,12-13,17H,5,7,9-11H2,1-4H3,(H,21,22);/q;;+2/p-2/t2*17-,19-,20+;/m11./s1. The number of rotatable bonds is 4. The average Bonchev–Trinajstić information content (AvgIpc) is 2.96. The summed E-state index contributed by atoms with van der Waals surface area (Å²) in [6, 6.07) is 13.7. The molecule has 2 fully saturated rings. The Bertz CT molecular complexity index is 1320. The molecule has 0 saturated heterocycles. The second kappa shape index (κ2) is 13.3. The molecular weight excluding hydrogens is 585 g/mol. The molecular formula is C40H54CaO4. The van der Waals surface area contributed by atoms with Crippen LogP contribution in [0.4, 0.5) is 0 Å². The van der Waals surface area contributed by atoms with Crippen molar-refractivity contribution in [2.45, 2.75) is 142 Å². The van der Waals surface area contributed by atoms with Gasteiger partial charge in [0.1, 0.15) is 0 Å². The average molecular weight is 639 g/mol. The van der Waals surface area contributed by atoms with E-state index in [4.69, 9.17) is 0 Å². The van der Waals surface area contributed by atoms with Crippen molar-refractivity contribution in [2.75, 3.05) is 0 Å². The quantitative estimate of drug-likeness (QED) is 0.347. The van der Waals surface area contributed by atoms with Crippen molar-refractivity contribution in [2.24, 2.45) is 22.7 Å². The first-order valence-electron chi connectivity index (χ1n) is 17.3. The minimum absolute atomic E-state index is 0. The van der Waals surface area contributed by atoms with Gasteiger partial charge in [0.15, 0.2) is 0 Å². The van der Waals surface area contributed by atoms with Crippen LogP contribution in [-0.4, -0.2) is 49.7 Å². The minimum Gasteiger partial charge on any atom is -0.550 e. The number of carboxylic acid groups (broad SMARTS) is 2. The SMILES string of the molecule is CC(C)c1ccc2c(c1)CC[C@H]1[C@@](C)(C(=O)[O-])CCC[C@]21C.CC(C)c1ccc2c(c1)CC[C@H]1[C@@](C)(C(=O)[O-])CCC[C@]21C.[Ca+2]. The van der Waals surface area contributed by atoms with E-state index in [0.717, 1.165) is 64.2 Å². The fourth-order valence-electron chi connectivity index (χ4n) is 10.2. The topological polar surface area (TPSA) is 80.3 Å². The Kier molecular flexibility index (Phi) is 10.8. The Hall–Kier alpha value is -1.36. The van der Waals surface area contributed by atoms with Gasteiger partial charge in [-0.05, 0) is 119 Å². The number of benzene rings is 2. The molecule has 4 nitrogen and oxygen atoms in total. The van der Waals surface area contributed by atoms with Crippen molar-refractivity contribution < 1.29 is 19.8 Å². The molecule has 240 valence electrons. The third-order valence-electron chi connectivity index (χ3n) is 13.0. The third kappa shape index (κ3) is 6.19. The maximum Gasteiger partial charge on any atom is 2.00 e. The van der Waals surface area contributed by atoms with Gasteiger partial charge in [-0.3, -0.25) is 0 Å². The molecule has 2 aromatic rings. The number of carbonyl (C=O) groups excluding carboxylic acids is 2. The van der Waals surface area contributed by atoms with E-state index in [2.05, 4.69) is 77.9 Å². The van der Waals surface area contributed by atoms with Gasteiger partial charge >= 0.3 is 37.7 Å². The third-order valence-corrected chi connectivity index (χ3v) is 13.0. The van der Waals surface area contributed by atoms with Gasteiger partial charge < -0.3 is 19.8 Å².